The lowest BCUT2D eigenvalue weighted by molar-refractivity contribution is -0.138. The van der Waals surface area contributed by atoms with E-state index in [2.05, 4.69) is 10.2 Å². The lowest BCUT2D eigenvalue weighted by atomic mass is 9.93. The number of nitriles is 1. The van der Waals surface area contributed by atoms with Crippen molar-refractivity contribution in [1.82, 2.24) is 29.0 Å². The lowest BCUT2D eigenvalue weighted by Crippen LogP contribution is -2.44. The normalized spacial score (nSPS) is 12.9. The number of aldehydes is 1. The summed E-state index contributed by atoms with van der Waals surface area (Å²) < 4.78 is 220. The Balaban J connectivity index is 0.000000281. The van der Waals surface area contributed by atoms with Gasteiger partial charge in [-0.1, -0.05) is 36.4 Å². The van der Waals surface area contributed by atoms with Crippen LogP contribution in [0.25, 0.3) is 22.5 Å². The van der Waals surface area contributed by atoms with Crippen molar-refractivity contribution in [3.05, 3.63) is 130 Å². The number of carbonyl (C=O) groups is 1. The van der Waals surface area contributed by atoms with Crippen LogP contribution in [0.2, 0.25) is 0 Å². The second-order valence-electron chi connectivity index (χ2n) is 17.6. The van der Waals surface area contributed by atoms with Crippen LogP contribution in [0.4, 0.5) is 52.7 Å². The Bertz CT molecular complexity index is 3310. The van der Waals surface area contributed by atoms with Crippen molar-refractivity contribution in [2.24, 2.45) is 0 Å². The molecule has 14 nitrogen and oxygen atoms in total. The molecule has 0 unspecified atom stereocenters. The van der Waals surface area contributed by atoms with Crippen LogP contribution in [-0.4, -0.2) is 66.5 Å². The zero-order valence-corrected chi connectivity index (χ0v) is 42.2. The van der Waals surface area contributed by atoms with Gasteiger partial charge in [-0.05, 0) is 113 Å². The van der Waals surface area contributed by atoms with Gasteiger partial charge in [0.2, 0.25) is 31.8 Å². The van der Waals surface area contributed by atoms with Crippen molar-refractivity contribution < 1.29 is 83.8 Å². The smallest absolute Gasteiger partial charge is 0.416 e. The van der Waals surface area contributed by atoms with Crippen molar-refractivity contribution >= 4 is 26.3 Å². The molecule has 0 atom stereocenters. The van der Waals surface area contributed by atoms with Gasteiger partial charge in [0.1, 0.15) is 40.1 Å². The number of alkyl halides is 12. The highest BCUT2D eigenvalue weighted by Crippen LogP contribution is 2.39. The number of hydrogen-bond donors (Lipinski definition) is 2. The molecule has 2 N–H and O–H groups in total. The van der Waals surface area contributed by atoms with Gasteiger partial charge in [0.25, 0.3) is 0 Å². The van der Waals surface area contributed by atoms with Crippen molar-refractivity contribution in [2.75, 3.05) is 11.5 Å². The molecule has 0 fully saturated rings. The molecule has 6 rings (SSSR count). The number of nitrogens with zero attached hydrogens (tertiary/aromatic N) is 5. The summed E-state index contributed by atoms with van der Waals surface area (Å²) in [5.74, 6) is -4.11. The lowest BCUT2D eigenvalue weighted by Gasteiger charge is -2.27. The zero-order chi connectivity index (χ0) is 57.0. The molecule has 0 spiro atoms. The van der Waals surface area contributed by atoms with Gasteiger partial charge in [0, 0.05) is 24.2 Å². The van der Waals surface area contributed by atoms with Gasteiger partial charge >= 0.3 is 24.7 Å². The van der Waals surface area contributed by atoms with Crippen LogP contribution in [0.15, 0.2) is 97.1 Å². The maximum atomic E-state index is 12.9. The Labute approximate surface area is 427 Å². The molecule has 6 aromatic rings. The van der Waals surface area contributed by atoms with E-state index in [1.807, 2.05) is 15.5 Å². The van der Waals surface area contributed by atoms with Crippen LogP contribution >= 0.6 is 0 Å². The van der Waals surface area contributed by atoms with Crippen molar-refractivity contribution in [2.45, 2.75) is 90.4 Å². The van der Waals surface area contributed by atoms with Crippen LogP contribution < -0.4 is 18.9 Å². The molecular weight excluding hydrogens is 1080 g/mol. The van der Waals surface area contributed by atoms with Crippen molar-refractivity contribution in [1.29, 1.82) is 5.26 Å². The molecule has 2 aromatic heterocycles. The molecule has 410 valence electrons. The third kappa shape index (κ3) is 15.6. The molecule has 0 aliphatic rings. The highest BCUT2D eigenvalue weighted by molar-refractivity contribution is 7.89. The van der Waals surface area contributed by atoms with Crippen molar-refractivity contribution in [3.63, 3.8) is 0 Å². The molecular formula is C48H45F12N7O7S2. The predicted octanol–water partition coefficient (Wildman–Crippen LogP) is 11.9. The quantitative estimate of drug-likeness (QED) is 0.0657. The molecule has 0 aliphatic carbocycles. The number of nitrogens with one attached hydrogen (secondary N) is 2. The number of ether oxygens (including phenoxy) is 2. The minimum atomic E-state index is -4.93. The first-order valence-corrected chi connectivity index (χ1v) is 25.4. The van der Waals surface area contributed by atoms with Crippen LogP contribution in [0.3, 0.4) is 0 Å². The summed E-state index contributed by atoms with van der Waals surface area (Å²) in [5.41, 5.74) is -3.24. The van der Waals surface area contributed by atoms with Crippen LogP contribution in [0.5, 0.6) is 23.3 Å². The van der Waals surface area contributed by atoms with Crippen molar-refractivity contribution in [3.8, 4) is 51.8 Å². The summed E-state index contributed by atoms with van der Waals surface area (Å²) in [6.45, 7) is 9.37. The molecule has 2 heterocycles. The van der Waals surface area contributed by atoms with E-state index in [1.54, 1.807) is 26.0 Å². The van der Waals surface area contributed by atoms with Gasteiger partial charge in [-0.2, -0.15) is 68.1 Å². The fourth-order valence-electron chi connectivity index (χ4n) is 7.33. The summed E-state index contributed by atoms with van der Waals surface area (Å²) in [6, 6.07) is 21.8. The fourth-order valence-corrected chi connectivity index (χ4v) is 10.1. The number of carbonyl (C=O) groups excluding carboxylic acids is 1. The number of aryl methyl sites for hydroxylation is 2. The van der Waals surface area contributed by atoms with Gasteiger partial charge in [0.15, 0.2) is 17.8 Å². The minimum absolute atomic E-state index is 0.0243. The molecule has 0 saturated heterocycles. The summed E-state index contributed by atoms with van der Waals surface area (Å²) in [5, 5.41) is 18.6. The Morgan fingerprint density at radius 2 is 0.934 bits per heavy atom. The Hall–Kier alpha value is -6.96. The number of sulfonamides is 2. The molecule has 4 aromatic carbocycles. The van der Waals surface area contributed by atoms with E-state index in [-0.39, 0.29) is 64.4 Å². The monoisotopic (exact) mass is 1120 g/mol. The van der Waals surface area contributed by atoms with Gasteiger partial charge in [-0.3, -0.25) is 4.79 Å². The Morgan fingerprint density at radius 3 is 1.29 bits per heavy atom. The maximum absolute atomic E-state index is 12.9. The molecule has 76 heavy (non-hydrogen) atoms. The first-order chi connectivity index (χ1) is 34.9. The summed E-state index contributed by atoms with van der Waals surface area (Å²) >= 11 is 0. The standard InChI is InChI=1S/C24H22F6N4O3S.C24H23F6N3O4S/c1-4-34-21(37-18-10-8-16(9-11-18)24(28,29)30)19(13-31)20(32-34)15-6-5-7-17(12-15)22(2,3)33-38(35,36)14-23(25,26)27;1-4-33-21(37-18-10-8-16(9-11-18)24(28,29)30)19(13-34)20(31-33)15-6-5-7-17(12-15)22(2,3)32-38(35,36)14-23(25,26)27/h5-12,33H,4,14H2,1-3H3;5-13,32H,4,14H2,1-3H3. The summed E-state index contributed by atoms with van der Waals surface area (Å²) in [4.78, 5) is 12.0. The van der Waals surface area contributed by atoms with E-state index < -0.39 is 78.5 Å². The van der Waals surface area contributed by atoms with E-state index in [0.29, 0.717) is 23.0 Å². The number of rotatable bonds is 17. The van der Waals surface area contributed by atoms with Gasteiger partial charge in [0.05, 0.1) is 22.2 Å². The number of benzene rings is 4. The second-order valence-corrected chi connectivity index (χ2v) is 21.0. The number of halogens is 12. The largest absolute Gasteiger partial charge is 0.439 e. The topological polar surface area (TPSA) is 187 Å². The summed E-state index contributed by atoms with van der Waals surface area (Å²) in [6.07, 6.45) is -18.5. The molecule has 0 amide bonds. The van der Waals surface area contributed by atoms with Gasteiger partial charge in [-0.25, -0.2) is 35.6 Å². The molecule has 0 radical (unpaired) electrons. The third-order valence-corrected chi connectivity index (χ3v) is 13.8. The number of aromatic nitrogens is 4. The third-order valence-electron chi connectivity index (χ3n) is 10.7. The molecule has 28 heteroatoms. The van der Waals surface area contributed by atoms with Gasteiger partial charge in [-0.15, -0.1) is 0 Å². The van der Waals surface area contributed by atoms with Gasteiger partial charge < -0.3 is 9.47 Å². The molecule has 0 aliphatic heterocycles. The minimum Gasteiger partial charge on any atom is -0.439 e. The Kier molecular flexibility index (Phi) is 17.6. The average Bonchev–Trinajstić information content (AvgIpc) is 3.83. The first-order valence-electron chi connectivity index (χ1n) is 22.1. The Morgan fingerprint density at radius 1 is 0.566 bits per heavy atom. The summed E-state index contributed by atoms with van der Waals surface area (Å²) in [7, 11) is -9.46. The van der Waals surface area contributed by atoms with E-state index in [0.717, 1.165) is 48.5 Å². The zero-order valence-electron chi connectivity index (χ0n) is 40.6. The predicted molar refractivity (Wildman–Crippen MR) is 252 cm³/mol. The number of hydrogen-bond acceptors (Lipinski definition) is 10. The van der Waals surface area contributed by atoms with E-state index in [1.165, 1.54) is 73.5 Å². The second kappa shape index (κ2) is 22.3. The van der Waals surface area contributed by atoms with E-state index in [4.69, 9.17) is 9.47 Å². The molecule has 0 saturated carbocycles. The van der Waals surface area contributed by atoms with Crippen LogP contribution in [0.1, 0.15) is 79.7 Å². The molecule has 0 bridgehead atoms. The SMILES string of the molecule is CCn1nc(-c2cccc(C(C)(C)NS(=O)(=O)CC(F)(F)F)c2)c(C#N)c1Oc1ccc(C(F)(F)F)cc1.CCn1nc(-c2cccc(C(C)(C)NS(=O)(=O)CC(F)(F)F)c2)c(C=O)c1Oc1ccc(C(F)(F)F)cc1. The van der Waals surface area contributed by atoms with E-state index >= 15 is 0 Å². The average molecular weight is 1120 g/mol. The fraction of sp³-hybridized carbons (Fsp3) is 0.333. The van der Waals surface area contributed by atoms with Crippen LogP contribution in [0, 0.1) is 11.3 Å². The van der Waals surface area contributed by atoms with E-state index in [9.17, 15) is 79.6 Å². The maximum Gasteiger partial charge on any atom is 0.416 e. The highest BCUT2D eigenvalue weighted by atomic mass is 32.2. The first kappa shape index (κ1) is 59.9. The van der Waals surface area contributed by atoms with Crippen LogP contribution in [-0.2, 0) is 56.6 Å². The highest BCUT2D eigenvalue weighted by Gasteiger charge is 2.40.